The third-order valence-corrected chi connectivity index (χ3v) is 6.03. The fraction of sp³-hybridized carbons (Fsp3) is 0.440. The molecule has 184 valence electrons. The number of carbonyl (C=O) groups is 1. The van der Waals surface area contributed by atoms with E-state index in [9.17, 15) is 4.79 Å². The van der Waals surface area contributed by atoms with Gasteiger partial charge in [-0.3, -0.25) is 4.79 Å². The quantitative estimate of drug-likeness (QED) is 0.466. The summed E-state index contributed by atoms with van der Waals surface area (Å²) in [6.45, 7) is 10.8. The van der Waals surface area contributed by atoms with Crippen molar-refractivity contribution in [3.05, 3.63) is 53.9 Å². The average Bonchev–Trinajstić information content (AvgIpc) is 3.35. The minimum atomic E-state index is -0.681. The molecule has 1 aliphatic rings. The van der Waals surface area contributed by atoms with Gasteiger partial charge in [-0.2, -0.15) is 5.10 Å². The first kappa shape index (κ1) is 23.3. The normalized spacial score (nSPS) is 20.9. The molecule has 1 N–H and O–H groups in total. The summed E-state index contributed by atoms with van der Waals surface area (Å²) < 4.78 is 21.5. The van der Waals surface area contributed by atoms with Crippen LogP contribution < -0.4 is 10.1 Å². The lowest BCUT2D eigenvalue weighted by molar-refractivity contribution is -0.0692. The first-order chi connectivity index (χ1) is 16.7. The number of aromatic nitrogens is 5. The maximum atomic E-state index is 13.4. The number of rotatable bonds is 5. The largest absolute Gasteiger partial charge is 0.490 e. The van der Waals surface area contributed by atoms with E-state index >= 15 is 0 Å². The van der Waals surface area contributed by atoms with Crippen LogP contribution in [0, 0.1) is 6.92 Å². The fourth-order valence-corrected chi connectivity index (χ4v) is 4.06. The zero-order valence-corrected chi connectivity index (χ0v) is 20.6. The summed E-state index contributed by atoms with van der Waals surface area (Å²) >= 11 is 0. The Morgan fingerprint density at radius 3 is 2.91 bits per heavy atom. The van der Waals surface area contributed by atoms with E-state index in [0.717, 1.165) is 17.7 Å². The number of amides is 1. The molecule has 1 amide bonds. The lowest BCUT2D eigenvalue weighted by atomic mass is 10.0. The molecular weight excluding hydrogens is 448 g/mol. The highest BCUT2D eigenvalue weighted by Crippen LogP contribution is 2.31. The molecule has 5 heterocycles. The number of pyridine rings is 1. The van der Waals surface area contributed by atoms with Gasteiger partial charge >= 0.3 is 0 Å². The van der Waals surface area contributed by atoms with Crippen molar-refractivity contribution < 1.29 is 19.0 Å². The van der Waals surface area contributed by atoms with Crippen molar-refractivity contribution in [3.63, 3.8) is 0 Å². The third kappa shape index (κ3) is 4.59. The molecule has 1 fully saturated rings. The van der Waals surface area contributed by atoms with Gasteiger partial charge in [-0.1, -0.05) is 0 Å². The van der Waals surface area contributed by atoms with Crippen molar-refractivity contribution in [1.82, 2.24) is 24.0 Å². The lowest BCUT2D eigenvalue weighted by Gasteiger charge is -2.25. The number of hydrogen-bond donors (Lipinski definition) is 1. The molecule has 35 heavy (non-hydrogen) atoms. The van der Waals surface area contributed by atoms with Gasteiger partial charge in [-0.25, -0.2) is 14.5 Å². The van der Waals surface area contributed by atoms with Crippen LogP contribution in [0.15, 0.2) is 37.1 Å². The molecule has 4 aromatic heterocycles. The van der Waals surface area contributed by atoms with Crippen LogP contribution >= 0.6 is 0 Å². The molecule has 0 radical (unpaired) electrons. The molecule has 5 rings (SSSR count). The monoisotopic (exact) mass is 478 g/mol. The van der Waals surface area contributed by atoms with Crippen LogP contribution in [0.2, 0.25) is 0 Å². The van der Waals surface area contributed by atoms with E-state index in [4.69, 9.17) is 19.2 Å². The number of fused-ring (bicyclic) bond motifs is 2. The molecule has 0 aliphatic carbocycles. The smallest absolute Gasteiger partial charge is 0.261 e. The Hall–Kier alpha value is -3.50. The summed E-state index contributed by atoms with van der Waals surface area (Å²) in [5, 5.41) is 7.22. The van der Waals surface area contributed by atoms with E-state index in [0.29, 0.717) is 41.5 Å². The second-order valence-corrected chi connectivity index (χ2v) is 9.51. The summed E-state index contributed by atoms with van der Waals surface area (Å²) in [6.07, 6.45) is 9.62. The van der Waals surface area contributed by atoms with Crippen molar-refractivity contribution in [1.29, 1.82) is 0 Å². The van der Waals surface area contributed by atoms with E-state index in [1.54, 1.807) is 29.2 Å². The molecule has 1 saturated heterocycles. The molecule has 0 saturated carbocycles. The van der Waals surface area contributed by atoms with E-state index in [2.05, 4.69) is 15.4 Å². The summed E-state index contributed by atoms with van der Waals surface area (Å²) in [5.74, 6) is 0.114. The van der Waals surface area contributed by atoms with Crippen LogP contribution in [-0.2, 0) is 15.1 Å². The molecule has 1 aliphatic heterocycles. The second-order valence-electron chi connectivity index (χ2n) is 9.51. The number of ether oxygens (including phenoxy) is 3. The van der Waals surface area contributed by atoms with Gasteiger partial charge in [-0.15, -0.1) is 0 Å². The van der Waals surface area contributed by atoms with Crippen LogP contribution in [0.3, 0.4) is 0 Å². The third-order valence-electron chi connectivity index (χ3n) is 6.03. The van der Waals surface area contributed by atoms with E-state index in [1.807, 2.05) is 51.4 Å². The topological polar surface area (TPSA) is 104 Å². The Morgan fingerprint density at radius 1 is 1.29 bits per heavy atom. The maximum absolute atomic E-state index is 13.4. The molecule has 4 aromatic rings. The standard InChI is InChI=1S/C25H30N6O4/c1-15(2)35-20-8-22-29-21(25(5)14-33-17(4)6-7-34-25)13-30(22)12-18(20)24(32)28-19-10-27-31-11-16(3)9-26-23(19)31/h8-13,15,17H,6-7,14H2,1-5H3,(H,28,32)/t17-,25-/m0/s1. The molecule has 2 atom stereocenters. The molecule has 0 bridgehead atoms. The predicted molar refractivity (Wildman–Crippen MR) is 130 cm³/mol. The van der Waals surface area contributed by atoms with Crippen LogP contribution in [0.5, 0.6) is 5.75 Å². The highest BCUT2D eigenvalue weighted by atomic mass is 16.6. The minimum absolute atomic E-state index is 0.127. The first-order valence-corrected chi connectivity index (χ1v) is 11.8. The number of nitrogens with zero attached hydrogens (tertiary/aromatic N) is 5. The van der Waals surface area contributed by atoms with Crippen LogP contribution in [0.25, 0.3) is 11.3 Å². The van der Waals surface area contributed by atoms with Crippen molar-refractivity contribution in [2.24, 2.45) is 0 Å². The van der Waals surface area contributed by atoms with Crippen LogP contribution in [0.1, 0.15) is 55.7 Å². The first-order valence-electron chi connectivity index (χ1n) is 11.8. The summed E-state index contributed by atoms with van der Waals surface area (Å²) in [7, 11) is 0. The number of nitrogens with one attached hydrogen (secondary N) is 1. The van der Waals surface area contributed by atoms with Gasteiger partial charge in [0.2, 0.25) is 0 Å². The number of imidazole rings is 1. The number of anilines is 1. The van der Waals surface area contributed by atoms with Gasteiger partial charge in [0.15, 0.2) is 5.65 Å². The molecule has 0 aromatic carbocycles. The maximum Gasteiger partial charge on any atom is 0.261 e. The Kier molecular flexibility index (Phi) is 5.94. The van der Waals surface area contributed by atoms with Crippen molar-refractivity contribution in [2.75, 3.05) is 18.5 Å². The minimum Gasteiger partial charge on any atom is -0.490 e. The van der Waals surface area contributed by atoms with E-state index in [1.165, 1.54) is 0 Å². The molecule has 0 unspecified atom stereocenters. The zero-order chi connectivity index (χ0) is 24.7. The summed E-state index contributed by atoms with van der Waals surface area (Å²) in [4.78, 5) is 22.6. The van der Waals surface area contributed by atoms with Gasteiger partial charge in [-0.05, 0) is 46.6 Å². The number of hydrogen-bond acceptors (Lipinski definition) is 7. The molecule has 10 heteroatoms. The highest BCUT2D eigenvalue weighted by molar-refractivity contribution is 6.07. The van der Waals surface area contributed by atoms with Gasteiger partial charge in [0.05, 0.1) is 42.9 Å². The van der Waals surface area contributed by atoms with Crippen LogP contribution in [0.4, 0.5) is 5.69 Å². The van der Waals surface area contributed by atoms with Crippen molar-refractivity contribution in [2.45, 2.75) is 58.8 Å². The van der Waals surface area contributed by atoms with Crippen molar-refractivity contribution in [3.8, 4) is 5.75 Å². The second kappa shape index (κ2) is 8.94. The van der Waals surface area contributed by atoms with E-state index in [-0.39, 0.29) is 18.1 Å². The molecule has 10 nitrogen and oxygen atoms in total. The van der Waals surface area contributed by atoms with E-state index < -0.39 is 5.60 Å². The molecular formula is C25H30N6O4. The Labute approximate surface area is 203 Å². The number of carbonyl (C=O) groups excluding carboxylic acids is 1. The average molecular weight is 479 g/mol. The Morgan fingerprint density at radius 2 is 2.11 bits per heavy atom. The van der Waals surface area contributed by atoms with Gasteiger partial charge in [0, 0.05) is 30.9 Å². The Balaban J connectivity index is 1.51. The van der Waals surface area contributed by atoms with Crippen LogP contribution in [-0.4, -0.2) is 55.3 Å². The predicted octanol–water partition coefficient (Wildman–Crippen LogP) is 3.77. The van der Waals surface area contributed by atoms with Gasteiger partial charge in [0.1, 0.15) is 22.7 Å². The summed E-state index contributed by atoms with van der Waals surface area (Å²) in [6, 6.07) is 1.78. The molecule has 0 spiro atoms. The zero-order valence-electron chi connectivity index (χ0n) is 20.6. The fourth-order valence-electron chi connectivity index (χ4n) is 4.06. The Bertz CT molecular complexity index is 1390. The SMILES string of the molecule is Cc1cnc2c(NC(=O)c3cn4cc([C@]5(C)CO[C@@H](C)CCO5)nc4cc3OC(C)C)cnn2c1. The highest BCUT2D eigenvalue weighted by Gasteiger charge is 2.34. The summed E-state index contributed by atoms with van der Waals surface area (Å²) in [5.41, 5.74) is 3.14. The number of aryl methyl sites for hydroxylation is 1. The van der Waals surface area contributed by atoms with Crippen molar-refractivity contribution >= 4 is 22.9 Å². The lowest BCUT2D eigenvalue weighted by Crippen LogP contribution is -2.31. The van der Waals surface area contributed by atoms with Gasteiger partial charge < -0.3 is 23.9 Å². The van der Waals surface area contributed by atoms with Gasteiger partial charge in [0.25, 0.3) is 5.91 Å².